The number of hydrogen-bond acceptors (Lipinski definition) is 4. The molecule has 2 aromatic heterocycles. The highest BCUT2D eigenvalue weighted by atomic mass is 19.4. The molecule has 2 rings (SSSR count). The zero-order chi connectivity index (χ0) is 16.3. The van der Waals surface area contributed by atoms with Gasteiger partial charge in [0.05, 0.1) is 18.5 Å². The maximum absolute atomic E-state index is 12.6. The van der Waals surface area contributed by atoms with Crippen molar-refractivity contribution < 1.29 is 22.7 Å². The van der Waals surface area contributed by atoms with Gasteiger partial charge in [-0.1, -0.05) is 0 Å². The number of nitrogens with zero attached hydrogens (tertiary/aromatic N) is 2. The minimum atomic E-state index is -4.61. The molecule has 0 aliphatic rings. The lowest BCUT2D eigenvalue weighted by Crippen LogP contribution is -2.20. The van der Waals surface area contributed by atoms with E-state index >= 15 is 0 Å². The van der Waals surface area contributed by atoms with E-state index in [1.54, 1.807) is 0 Å². The third kappa shape index (κ3) is 3.43. The molecule has 0 aromatic carbocycles. The maximum atomic E-state index is 12.6. The molecule has 0 radical (unpaired) electrons. The lowest BCUT2D eigenvalue weighted by Gasteiger charge is -2.10. The van der Waals surface area contributed by atoms with Crippen LogP contribution in [0.15, 0.2) is 41.5 Å². The molecule has 0 unspecified atom stereocenters. The van der Waals surface area contributed by atoms with Crippen molar-refractivity contribution in [3.63, 3.8) is 0 Å². The Hall–Kier alpha value is -2.84. The van der Waals surface area contributed by atoms with Gasteiger partial charge in [0.2, 0.25) is 0 Å². The van der Waals surface area contributed by atoms with E-state index in [1.165, 1.54) is 18.3 Å². The van der Waals surface area contributed by atoms with Gasteiger partial charge < -0.3 is 4.74 Å². The molecule has 22 heavy (non-hydrogen) atoms. The standard InChI is InChI=1S/C13H10F3N3O3/c1-22-12(21)18-8-3-5-19(11(20)6-8)9-2-4-17-10(7-9)13(14,15)16/h2-7H,1H3,(H,18,21). The minimum absolute atomic E-state index is 0.0111. The Kier molecular flexibility index (Phi) is 4.15. The first-order valence-electron chi connectivity index (χ1n) is 5.92. The fraction of sp³-hybridized carbons (Fsp3) is 0.154. The monoisotopic (exact) mass is 313 g/mol. The lowest BCUT2D eigenvalue weighted by molar-refractivity contribution is -0.141. The number of pyridine rings is 2. The average molecular weight is 313 g/mol. The Balaban J connectivity index is 2.38. The second kappa shape index (κ2) is 5.88. The highest BCUT2D eigenvalue weighted by molar-refractivity contribution is 5.84. The fourth-order valence-electron chi connectivity index (χ4n) is 1.66. The van der Waals surface area contributed by atoms with Gasteiger partial charge in [-0.2, -0.15) is 13.2 Å². The summed E-state index contributed by atoms with van der Waals surface area (Å²) in [6.45, 7) is 0. The van der Waals surface area contributed by atoms with Gasteiger partial charge in [0.25, 0.3) is 5.56 Å². The third-order valence-electron chi connectivity index (χ3n) is 2.66. The average Bonchev–Trinajstić information content (AvgIpc) is 2.46. The van der Waals surface area contributed by atoms with E-state index in [4.69, 9.17) is 0 Å². The SMILES string of the molecule is COC(=O)Nc1ccn(-c2ccnc(C(F)(F)F)c2)c(=O)c1. The summed E-state index contributed by atoms with van der Waals surface area (Å²) < 4.78 is 43.2. The van der Waals surface area contributed by atoms with Crippen LogP contribution in [0.4, 0.5) is 23.7 Å². The van der Waals surface area contributed by atoms with Gasteiger partial charge in [0.15, 0.2) is 0 Å². The van der Waals surface area contributed by atoms with Crippen molar-refractivity contribution in [2.24, 2.45) is 0 Å². The van der Waals surface area contributed by atoms with E-state index < -0.39 is 23.5 Å². The highest BCUT2D eigenvalue weighted by Crippen LogP contribution is 2.28. The smallest absolute Gasteiger partial charge is 0.433 e. The number of carbonyl (C=O) groups is 1. The number of methoxy groups -OCH3 is 1. The molecule has 1 amide bonds. The molecule has 2 aromatic rings. The topological polar surface area (TPSA) is 73.2 Å². The molecular weight excluding hydrogens is 303 g/mol. The number of anilines is 1. The van der Waals surface area contributed by atoms with Crippen LogP contribution in [0.5, 0.6) is 0 Å². The van der Waals surface area contributed by atoms with Crippen LogP contribution in [0, 0.1) is 0 Å². The molecule has 0 bridgehead atoms. The molecule has 0 aliphatic carbocycles. The van der Waals surface area contributed by atoms with E-state index in [0.717, 1.165) is 30.0 Å². The van der Waals surface area contributed by atoms with Crippen molar-refractivity contribution >= 4 is 11.8 Å². The summed E-state index contributed by atoms with van der Waals surface area (Å²) in [6, 6.07) is 4.44. The number of alkyl halides is 3. The van der Waals surface area contributed by atoms with E-state index in [2.05, 4.69) is 15.0 Å². The fourth-order valence-corrected chi connectivity index (χ4v) is 1.66. The third-order valence-corrected chi connectivity index (χ3v) is 2.66. The number of rotatable bonds is 2. The van der Waals surface area contributed by atoms with Gasteiger partial charge in [-0.15, -0.1) is 0 Å². The molecule has 0 saturated heterocycles. The van der Waals surface area contributed by atoms with Crippen molar-refractivity contribution in [2.75, 3.05) is 12.4 Å². The van der Waals surface area contributed by atoms with Gasteiger partial charge in [-0.3, -0.25) is 19.7 Å². The number of hydrogen-bond donors (Lipinski definition) is 1. The maximum Gasteiger partial charge on any atom is 0.433 e. The van der Waals surface area contributed by atoms with Crippen LogP contribution < -0.4 is 10.9 Å². The Morgan fingerprint density at radius 3 is 2.64 bits per heavy atom. The molecule has 1 N–H and O–H groups in total. The van der Waals surface area contributed by atoms with Crippen molar-refractivity contribution in [1.82, 2.24) is 9.55 Å². The van der Waals surface area contributed by atoms with Crippen LogP contribution in [0.25, 0.3) is 5.69 Å². The van der Waals surface area contributed by atoms with Crippen molar-refractivity contribution in [3.05, 3.63) is 52.7 Å². The Morgan fingerprint density at radius 2 is 2.05 bits per heavy atom. The van der Waals surface area contributed by atoms with Gasteiger partial charge in [0.1, 0.15) is 5.69 Å². The van der Waals surface area contributed by atoms with Crippen molar-refractivity contribution in [3.8, 4) is 5.69 Å². The van der Waals surface area contributed by atoms with Gasteiger partial charge in [-0.05, 0) is 18.2 Å². The summed E-state index contributed by atoms with van der Waals surface area (Å²) in [5.41, 5.74) is -1.54. The van der Waals surface area contributed by atoms with Crippen LogP contribution in [0.3, 0.4) is 0 Å². The summed E-state index contributed by atoms with van der Waals surface area (Å²) in [5.74, 6) is 0. The van der Waals surface area contributed by atoms with Crippen LogP contribution in [0.1, 0.15) is 5.69 Å². The largest absolute Gasteiger partial charge is 0.453 e. The molecule has 0 aliphatic heterocycles. The summed E-state index contributed by atoms with van der Waals surface area (Å²) in [6.07, 6.45) is -3.17. The van der Waals surface area contributed by atoms with Gasteiger partial charge in [-0.25, -0.2) is 4.79 Å². The predicted octanol–water partition coefficient (Wildman–Crippen LogP) is 2.43. The molecule has 116 valence electrons. The first-order valence-corrected chi connectivity index (χ1v) is 5.92. The van der Waals surface area contributed by atoms with Crippen LogP contribution in [-0.2, 0) is 10.9 Å². The Bertz CT molecular complexity index is 756. The second-order valence-electron chi connectivity index (χ2n) is 4.14. The number of amides is 1. The highest BCUT2D eigenvalue weighted by Gasteiger charge is 2.32. The molecular formula is C13H10F3N3O3. The molecule has 0 fully saturated rings. The van der Waals surface area contributed by atoms with Crippen molar-refractivity contribution in [1.29, 1.82) is 0 Å². The molecule has 0 saturated carbocycles. The number of carbonyl (C=O) groups excluding carboxylic acids is 1. The summed E-state index contributed by atoms with van der Waals surface area (Å²) >= 11 is 0. The number of ether oxygens (including phenoxy) is 1. The Labute approximate surface area is 122 Å². The summed E-state index contributed by atoms with van der Waals surface area (Å²) in [4.78, 5) is 26.2. The van der Waals surface area contributed by atoms with E-state index in [-0.39, 0.29) is 11.4 Å². The van der Waals surface area contributed by atoms with Crippen molar-refractivity contribution in [2.45, 2.75) is 6.18 Å². The molecule has 9 heteroatoms. The second-order valence-corrected chi connectivity index (χ2v) is 4.14. The molecule has 0 spiro atoms. The summed E-state index contributed by atoms with van der Waals surface area (Å²) in [7, 11) is 1.16. The minimum Gasteiger partial charge on any atom is -0.453 e. The van der Waals surface area contributed by atoms with Crippen LogP contribution in [-0.4, -0.2) is 22.8 Å². The summed E-state index contributed by atoms with van der Waals surface area (Å²) in [5, 5.41) is 2.28. The quantitative estimate of drug-likeness (QED) is 0.924. The van der Waals surface area contributed by atoms with Crippen LogP contribution in [0.2, 0.25) is 0 Å². The zero-order valence-electron chi connectivity index (χ0n) is 11.2. The van der Waals surface area contributed by atoms with Gasteiger partial charge >= 0.3 is 12.3 Å². The predicted molar refractivity (Wildman–Crippen MR) is 70.9 cm³/mol. The first-order chi connectivity index (χ1) is 10.3. The van der Waals surface area contributed by atoms with E-state index in [0.29, 0.717) is 0 Å². The van der Waals surface area contributed by atoms with Crippen LogP contribution >= 0.6 is 0 Å². The normalized spacial score (nSPS) is 11.1. The Morgan fingerprint density at radius 1 is 1.32 bits per heavy atom. The number of aromatic nitrogens is 2. The number of halogens is 3. The molecule has 6 nitrogen and oxygen atoms in total. The molecule has 0 atom stereocenters. The zero-order valence-corrected chi connectivity index (χ0v) is 11.2. The first kappa shape index (κ1) is 15.5. The van der Waals surface area contributed by atoms with E-state index in [1.807, 2.05) is 0 Å². The van der Waals surface area contributed by atoms with E-state index in [9.17, 15) is 22.8 Å². The number of nitrogens with one attached hydrogen (secondary N) is 1. The molecule has 2 heterocycles. The van der Waals surface area contributed by atoms with Gasteiger partial charge in [0, 0.05) is 18.5 Å². The lowest BCUT2D eigenvalue weighted by atomic mass is 10.3.